The average Bonchev–Trinajstić information content (AvgIpc) is 3.04. The van der Waals surface area contributed by atoms with Gasteiger partial charge in [0.05, 0.1) is 13.2 Å². The summed E-state index contributed by atoms with van der Waals surface area (Å²) < 4.78 is 21.9. The molecule has 2 heterocycles. The largest absolute Gasteiger partial charge is 0.508 e. The van der Waals surface area contributed by atoms with Crippen LogP contribution in [0.2, 0.25) is 0 Å². The summed E-state index contributed by atoms with van der Waals surface area (Å²) in [5, 5.41) is 59.9. The minimum absolute atomic E-state index is 0.0571. The van der Waals surface area contributed by atoms with Crippen LogP contribution >= 0.6 is 0 Å². The zero-order valence-electron chi connectivity index (χ0n) is 17.5. The standard InChI is InChI=1S/C22H22O11/c1-8(23)19-17(28)18(29)22(32-19)33-21-16(27)15-12(26)6-10(24)7-14(15)31-20(21)9-3-4-11(25)13(5-9)30-2/h3-8,17-19,22-26,28-29H,1-2H3/t8-,17-,18+,19-,22-/m0/s1. The van der Waals surface area contributed by atoms with Gasteiger partial charge < -0.3 is 49.3 Å². The Morgan fingerprint density at radius 2 is 1.76 bits per heavy atom. The highest BCUT2D eigenvalue weighted by Gasteiger charge is 2.47. The summed E-state index contributed by atoms with van der Waals surface area (Å²) in [7, 11) is 1.32. The molecule has 0 aliphatic carbocycles. The molecule has 1 aliphatic heterocycles. The maximum atomic E-state index is 13.3. The number of hydrogen-bond donors (Lipinski definition) is 6. The number of benzene rings is 2. The molecule has 0 radical (unpaired) electrons. The molecule has 0 unspecified atom stereocenters. The Bertz CT molecular complexity index is 1250. The molecule has 0 spiro atoms. The molecule has 4 rings (SSSR count). The van der Waals surface area contributed by atoms with Gasteiger partial charge in [-0.05, 0) is 25.1 Å². The first-order valence-electron chi connectivity index (χ1n) is 9.88. The molecular weight excluding hydrogens is 440 g/mol. The molecule has 33 heavy (non-hydrogen) atoms. The van der Waals surface area contributed by atoms with E-state index in [1.165, 1.54) is 32.2 Å². The summed E-state index contributed by atoms with van der Waals surface area (Å²) in [4.78, 5) is 13.3. The van der Waals surface area contributed by atoms with Crippen molar-refractivity contribution in [1.29, 1.82) is 0 Å². The predicted octanol–water partition coefficient (Wildman–Crippen LogP) is 0.792. The van der Waals surface area contributed by atoms with Crippen LogP contribution in [0.5, 0.6) is 28.7 Å². The van der Waals surface area contributed by atoms with Crippen LogP contribution in [0.4, 0.5) is 0 Å². The van der Waals surface area contributed by atoms with Crippen LogP contribution in [-0.4, -0.2) is 68.5 Å². The van der Waals surface area contributed by atoms with Gasteiger partial charge in [-0.25, -0.2) is 0 Å². The Labute approximate surface area is 186 Å². The molecule has 1 aromatic heterocycles. The normalized spacial score (nSPS) is 23.5. The van der Waals surface area contributed by atoms with Gasteiger partial charge in [-0.15, -0.1) is 0 Å². The van der Waals surface area contributed by atoms with Crippen LogP contribution < -0.4 is 14.9 Å². The topological polar surface area (TPSA) is 179 Å². The smallest absolute Gasteiger partial charge is 0.239 e. The second-order valence-electron chi connectivity index (χ2n) is 7.62. The van der Waals surface area contributed by atoms with Gasteiger partial charge in [-0.1, -0.05) is 0 Å². The van der Waals surface area contributed by atoms with Gasteiger partial charge in [0.15, 0.2) is 17.3 Å². The highest BCUT2D eigenvalue weighted by molar-refractivity contribution is 5.88. The van der Waals surface area contributed by atoms with Crippen LogP contribution in [0.15, 0.2) is 39.5 Å². The summed E-state index contributed by atoms with van der Waals surface area (Å²) in [6.07, 6.45) is -7.00. The molecule has 176 valence electrons. The lowest BCUT2D eigenvalue weighted by Gasteiger charge is -2.19. The molecule has 3 aromatic rings. The van der Waals surface area contributed by atoms with Crippen LogP contribution in [0.1, 0.15) is 6.92 Å². The van der Waals surface area contributed by atoms with Gasteiger partial charge >= 0.3 is 0 Å². The number of aromatic hydroxyl groups is 3. The number of methoxy groups -OCH3 is 1. The number of phenols is 3. The van der Waals surface area contributed by atoms with E-state index >= 15 is 0 Å². The maximum Gasteiger partial charge on any atom is 0.239 e. The zero-order valence-corrected chi connectivity index (χ0v) is 17.5. The van der Waals surface area contributed by atoms with E-state index in [4.69, 9.17) is 18.6 Å². The Kier molecular flexibility index (Phi) is 5.80. The lowest BCUT2D eigenvalue weighted by molar-refractivity contribution is -0.129. The lowest BCUT2D eigenvalue weighted by Crippen LogP contribution is -2.38. The number of ether oxygens (including phenoxy) is 3. The highest BCUT2D eigenvalue weighted by atomic mass is 16.7. The summed E-state index contributed by atoms with van der Waals surface area (Å²) >= 11 is 0. The fraction of sp³-hybridized carbons (Fsp3) is 0.318. The van der Waals surface area contributed by atoms with Crippen molar-refractivity contribution in [3.8, 4) is 40.1 Å². The van der Waals surface area contributed by atoms with E-state index in [0.717, 1.165) is 12.1 Å². The quantitative estimate of drug-likeness (QED) is 0.316. The number of aliphatic hydroxyl groups is 3. The van der Waals surface area contributed by atoms with Crippen molar-refractivity contribution in [2.24, 2.45) is 0 Å². The van der Waals surface area contributed by atoms with E-state index in [9.17, 15) is 35.4 Å². The molecule has 1 aliphatic rings. The van der Waals surface area contributed by atoms with Gasteiger partial charge in [0.2, 0.25) is 17.5 Å². The minimum Gasteiger partial charge on any atom is -0.508 e. The molecule has 1 saturated heterocycles. The Morgan fingerprint density at radius 3 is 2.39 bits per heavy atom. The van der Waals surface area contributed by atoms with Crippen molar-refractivity contribution in [2.45, 2.75) is 37.6 Å². The third-order valence-corrected chi connectivity index (χ3v) is 5.33. The summed E-state index contributed by atoms with van der Waals surface area (Å²) in [6.45, 7) is 1.35. The van der Waals surface area contributed by atoms with Gasteiger partial charge in [-0.2, -0.15) is 0 Å². The average molecular weight is 462 g/mol. The van der Waals surface area contributed by atoms with Crippen LogP contribution in [-0.2, 0) is 4.74 Å². The van der Waals surface area contributed by atoms with Crippen LogP contribution in [0.3, 0.4) is 0 Å². The van der Waals surface area contributed by atoms with Crippen LogP contribution in [0.25, 0.3) is 22.3 Å². The third-order valence-electron chi connectivity index (χ3n) is 5.33. The summed E-state index contributed by atoms with van der Waals surface area (Å²) in [6, 6.07) is 6.11. The van der Waals surface area contributed by atoms with Crippen molar-refractivity contribution < 1.29 is 49.3 Å². The molecule has 0 amide bonds. The first-order chi connectivity index (χ1) is 15.6. The van der Waals surface area contributed by atoms with E-state index in [-0.39, 0.29) is 39.5 Å². The maximum absolute atomic E-state index is 13.3. The van der Waals surface area contributed by atoms with E-state index < -0.39 is 47.6 Å². The fourth-order valence-electron chi connectivity index (χ4n) is 3.67. The van der Waals surface area contributed by atoms with Crippen molar-refractivity contribution >= 4 is 11.0 Å². The molecule has 2 aromatic carbocycles. The molecule has 11 heteroatoms. The summed E-state index contributed by atoms with van der Waals surface area (Å²) in [5.74, 6) is -1.74. The number of rotatable bonds is 5. The fourth-order valence-corrected chi connectivity index (χ4v) is 3.67. The molecular formula is C22H22O11. The molecule has 0 bridgehead atoms. The van der Waals surface area contributed by atoms with E-state index in [2.05, 4.69) is 0 Å². The van der Waals surface area contributed by atoms with E-state index in [1.54, 1.807) is 0 Å². The number of fused-ring (bicyclic) bond motifs is 1. The zero-order chi connectivity index (χ0) is 24.0. The molecule has 5 atom stereocenters. The van der Waals surface area contributed by atoms with Crippen molar-refractivity contribution in [3.63, 3.8) is 0 Å². The molecule has 0 saturated carbocycles. The van der Waals surface area contributed by atoms with E-state index in [0.29, 0.717) is 0 Å². The lowest BCUT2D eigenvalue weighted by atomic mass is 10.1. The number of hydrogen-bond acceptors (Lipinski definition) is 11. The minimum atomic E-state index is -1.62. The Morgan fingerprint density at radius 1 is 1.03 bits per heavy atom. The Balaban J connectivity index is 1.91. The predicted molar refractivity (Wildman–Crippen MR) is 112 cm³/mol. The second-order valence-corrected chi connectivity index (χ2v) is 7.62. The van der Waals surface area contributed by atoms with Crippen LogP contribution in [0, 0.1) is 0 Å². The first-order valence-corrected chi connectivity index (χ1v) is 9.88. The van der Waals surface area contributed by atoms with Crippen molar-refractivity contribution in [1.82, 2.24) is 0 Å². The Hall–Kier alpha value is -3.51. The molecule has 11 nitrogen and oxygen atoms in total. The van der Waals surface area contributed by atoms with Gasteiger partial charge in [-0.3, -0.25) is 4.79 Å². The highest BCUT2D eigenvalue weighted by Crippen LogP contribution is 2.39. The van der Waals surface area contributed by atoms with Crippen molar-refractivity contribution in [2.75, 3.05) is 7.11 Å². The number of aliphatic hydroxyl groups excluding tert-OH is 3. The van der Waals surface area contributed by atoms with Gasteiger partial charge in [0.1, 0.15) is 40.8 Å². The third kappa shape index (κ3) is 3.91. The van der Waals surface area contributed by atoms with Gasteiger partial charge in [0, 0.05) is 17.7 Å². The first kappa shape index (κ1) is 22.7. The van der Waals surface area contributed by atoms with Crippen molar-refractivity contribution in [3.05, 3.63) is 40.6 Å². The summed E-state index contributed by atoms with van der Waals surface area (Å²) in [5.41, 5.74) is -0.815. The molecule has 1 fully saturated rings. The van der Waals surface area contributed by atoms with Gasteiger partial charge in [0.25, 0.3) is 0 Å². The SMILES string of the molecule is COc1cc(-c2oc3cc(O)cc(O)c3c(=O)c2O[C@@H]2O[C@@H]([C@H](C)O)[C@@H](O)[C@H]2O)ccc1O. The number of phenolic OH excluding ortho intramolecular Hbond substituents is 3. The molecule has 6 N–H and O–H groups in total. The van der Waals surface area contributed by atoms with E-state index in [1.807, 2.05) is 0 Å². The monoisotopic (exact) mass is 462 g/mol. The second kappa shape index (κ2) is 8.45.